The van der Waals surface area contributed by atoms with E-state index in [1.54, 1.807) is 0 Å². The van der Waals surface area contributed by atoms with Gasteiger partial charge in [-0.05, 0) is 45.3 Å². The van der Waals surface area contributed by atoms with Gasteiger partial charge in [0.1, 0.15) is 0 Å². The molecule has 2 rings (SSSR count). The van der Waals surface area contributed by atoms with Gasteiger partial charge in [-0.15, -0.1) is 0 Å². The SMILES string of the molecule is O=C(CN1CCCCCCC1)NC[C@]1(O)CCCNC1. The summed E-state index contributed by atoms with van der Waals surface area (Å²) in [5.41, 5.74) is -0.760. The van der Waals surface area contributed by atoms with E-state index < -0.39 is 5.60 Å². The van der Waals surface area contributed by atoms with Crippen LogP contribution < -0.4 is 10.6 Å². The van der Waals surface area contributed by atoms with Crippen molar-refractivity contribution in [3.63, 3.8) is 0 Å². The van der Waals surface area contributed by atoms with Crippen molar-refractivity contribution in [2.45, 2.75) is 50.5 Å². The van der Waals surface area contributed by atoms with E-state index in [1.165, 1.54) is 32.1 Å². The van der Waals surface area contributed by atoms with Gasteiger partial charge in [0.15, 0.2) is 0 Å². The molecule has 0 spiro atoms. The molecule has 0 radical (unpaired) electrons. The van der Waals surface area contributed by atoms with E-state index in [2.05, 4.69) is 15.5 Å². The molecule has 3 N–H and O–H groups in total. The van der Waals surface area contributed by atoms with Crippen molar-refractivity contribution in [2.24, 2.45) is 0 Å². The topological polar surface area (TPSA) is 64.6 Å². The molecule has 0 bridgehead atoms. The van der Waals surface area contributed by atoms with Crippen molar-refractivity contribution < 1.29 is 9.90 Å². The van der Waals surface area contributed by atoms with Crippen molar-refractivity contribution in [3.05, 3.63) is 0 Å². The lowest BCUT2D eigenvalue weighted by Crippen LogP contribution is -2.53. The third-order valence-corrected chi connectivity index (χ3v) is 4.38. The second kappa shape index (κ2) is 7.96. The summed E-state index contributed by atoms with van der Waals surface area (Å²) in [6.45, 7) is 4.44. The van der Waals surface area contributed by atoms with Crippen molar-refractivity contribution in [2.75, 3.05) is 39.3 Å². The molecule has 0 aromatic heterocycles. The zero-order valence-electron chi connectivity index (χ0n) is 12.5. The lowest BCUT2D eigenvalue weighted by molar-refractivity contribution is -0.123. The predicted molar refractivity (Wildman–Crippen MR) is 79.6 cm³/mol. The molecule has 2 aliphatic heterocycles. The molecule has 2 saturated heterocycles. The van der Waals surface area contributed by atoms with Crippen LogP contribution in [0.15, 0.2) is 0 Å². The van der Waals surface area contributed by atoms with Crippen LogP contribution in [0.3, 0.4) is 0 Å². The first-order valence-corrected chi connectivity index (χ1v) is 8.10. The van der Waals surface area contributed by atoms with Crippen LogP contribution in [0.4, 0.5) is 0 Å². The monoisotopic (exact) mass is 283 g/mol. The summed E-state index contributed by atoms with van der Waals surface area (Å²) in [4.78, 5) is 14.3. The molecule has 0 saturated carbocycles. The van der Waals surface area contributed by atoms with E-state index in [0.717, 1.165) is 32.5 Å². The first-order chi connectivity index (χ1) is 9.68. The Morgan fingerprint density at radius 2 is 1.85 bits per heavy atom. The highest BCUT2D eigenvalue weighted by atomic mass is 16.3. The number of hydrogen-bond acceptors (Lipinski definition) is 4. The summed E-state index contributed by atoms with van der Waals surface area (Å²) in [6, 6.07) is 0. The molecule has 0 aromatic rings. The summed E-state index contributed by atoms with van der Waals surface area (Å²) in [5.74, 6) is 0.0459. The standard InChI is InChI=1S/C15H29N3O2/c19-14(11-18-9-4-2-1-3-5-10-18)17-13-15(20)7-6-8-16-12-15/h16,20H,1-13H2,(H,17,19)/t15-/m0/s1. The van der Waals surface area contributed by atoms with Crippen molar-refractivity contribution in [3.8, 4) is 0 Å². The van der Waals surface area contributed by atoms with Crippen molar-refractivity contribution in [1.29, 1.82) is 0 Å². The molecule has 2 heterocycles. The summed E-state index contributed by atoms with van der Waals surface area (Å²) >= 11 is 0. The lowest BCUT2D eigenvalue weighted by Gasteiger charge is -2.33. The highest BCUT2D eigenvalue weighted by Gasteiger charge is 2.29. The van der Waals surface area contributed by atoms with Gasteiger partial charge in [-0.25, -0.2) is 0 Å². The predicted octanol–water partition coefficient (Wildman–Crippen LogP) is 0.483. The maximum absolute atomic E-state index is 12.0. The molecule has 2 fully saturated rings. The molecule has 5 nitrogen and oxygen atoms in total. The first kappa shape index (κ1) is 15.7. The Hall–Kier alpha value is -0.650. The van der Waals surface area contributed by atoms with Gasteiger partial charge in [-0.3, -0.25) is 9.69 Å². The number of nitrogens with one attached hydrogen (secondary N) is 2. The number of β-amino-alcohol motifs (C(OH)–C–C–N with tert-alkyl or cyclic N) is 1. The molecule has 1 atom stereocenters. The molecule has 20 heavy (non-hydrogen) atoms. The van der Waals surface area contributed by atoms with Crippen molar-refractivity contribution >= 4 is 5.91 Å². The number of carbonyl (C=O) groups excluding carboxylic acids is 1. The third-order valence-electron chi connectivity index (χ3n) is 4.38. The Balaban J connectivity index is 1.68. The molecule has 0 aromatic carbocycles. The lowest BCUT2D eigenvalue weighted by atomic mass is 9.94. The zero-order valence-corrected chi connectivity index (χ0v) is 12.5. The van der Waals surface area contributed by atoms with Gasteiger partial charge in [-0.1, -0.05) is 19.3 Å². The molecule has 2 aliphatic rings. The van der Waals surface area contributed by atoms with Crippen molar-refractivity contribution in [1.82, 2.24) is 15.5 Å². The van der Waals surface area contributed by atoms with E-state index in [4.69, 9.17) is 0 Å². The summed E-state index contributed by atoms with van der Waals surface area (Å²) in [6.07, 6.45) is 8.03. The number of likely N-dealkylation sites (tertiary alicyclic amines) is 1. The van der Waals surface area contributed by atoms with E-state index in [9.17, 15) is 9.90 Å². The Morgan fingerprint density at radius 1 is 1.15 bits per heavy atom. The number of rotatable bonds is 4. The zero-order chi connectivity index (χ0) is 14.3. The molecule has 0 aliphatic carbocycles. The van der Waals surface area contributed by atoms with Crippen LogP contribution in [0.2, 0.25) is 0 Å². The van der Waals surface area contributed by atoms with Crippen LogP contribution in [0.25, 0.3) is 0 Å². The molecular formula is C15H29N3O2. The van der Waals surface area contributed by atoms with Crippen LogP contribution in [0.1, 0.15) is 44.9 Å². The molecule has 5 heteroatoms. The Morgan fingerprint density at radius 3 is 2.50 bits per heavy atom. The fourth-order valence-corrected chi connectivity index (χ4v) is 3.10. The average Bonchev–Trinajstić information content (AvgIpc) is 2.40. The van der Waals surface area contributed by atoms with Gasteiger partial charge in [-0.2, -0.15) is 0 Å². The fraction of sp³-hybridized carbons (Fsp3) is 0.933. The fourth-order valence-electron chi connectivity index (χ4n) is 3.10. The van der Waals surface area contributed by atoms with Gasteiger partial charge < -0.3 is 15.7 Å². The van der Waals surface area contributed by atoms with E-state index >= 15 is 0 Å². The number of nitrogens with zero attached hydrogens (tertiary/aromatic N) is 1. The van der Waals surface area contributed by atoms with E-state index in [1.807, 2.05) is 0 Å². The maximum atomic E-state index is 12.0. The average molecular weight is 283 g/mol. The Kier molecular flexibility index (Phi) is 6.26. The highest BCUT2D eigenvalue weighted by molar-refractivity contribution is 5.78. The molecule has 1 amide bonds. The third kappa shape index (κ3) is 5.38. The summed E-state index contributed by atoms with van der Waals surface area (Å²) in [7, 11) is 0. The minimum atomic E-state index is -0.760. The quantitative estimate of drug-likeness (QED) is 0.702. The highest BCUT2D eigenvalue weighted by Crippen LogP contribution is 2.14. The van der Waals surface area contributed by atoms with Gasteiger partial charge in [0, 0.05) is 13.1 Å². The smallest absolute Gasteiger partial charge is 0.234 e. The Bertz CT molecular complexity index is 295. The van der Waals surface area contributed by atoms with Gasteiger partial charge in [0.2, 0.25) is 5.91 Å². The molecular weight excluding hydrogens is 254 g/mol. The minimum Gasteiger partial charge on any atom is -0.387 e. The number of carbonyl (C=O) groups is 1. The normalized spacial score (nSPS) is 29.4. The first-order valence-electron chi connectivity index (χ1n) is 8.10. The summed E-state index contributed by atoms with van der Waals surface area (Å²) in [5, 5.41) is 16.4. The maximum Gasteiger partial charge on any atom is 0.234 e. The van der Waals surface area contributed by atoms with Crippen LogP contribution in [0, 0.1) is 0 Å². The molecule has 0 unspecified atom stereocenters. The largest absolute Gasteiger partial charge is 0.387 e. The van der Waals surface area contributed by atoms with E-state index in [0.29, 0.717) is 19.6 Å². The van der Waals surface area contributed by atoms with Gasteiger partial charge >= 0.3 is 0 Å². The number of aliphatic hydroxyl groups is 1. The van der Waals surface area contributed by atoms with Crippen LogP contribution >= 0.6 is 0 Å². The van der Waals surface area contributed by atoms with E-state index in [-0.39, 0.29) is 5.91 Å². The van der Waals surface area contributed by atoms with Crippen LogP contribution in [-0.4, -0.2) is 60.8 Å². The second-order valence-corrected chi connectivity index (χ2v) is 6.33. The second-order valence-electron chi connectivity index (χ2n) is 6.33. The number of hydrogen-bond donors (Lipinski definition) is 3. The van der Waals surface area contributed by atoms with Crippen LogP contribution in [-0.2, 0) is 4.79 Å². The summed E-state index contributed by atoms with van der Waals surface area (Å²) < 4.78 is 0. The number of amides is 1. The van der Waals surface area contributed by atoms with Crippen LogP contribution in [0.5, 0.6) is 0 Å². The van der Waals surface area contributed by atoms with Gasteiger partial charge in [0.05, 0.1) is 12.1 Å². The Labute approximate surface area is 122 Å². The van der Waals surface area contributed by atoms with Gasteiger partial charge in [0.25, 0.3) is 0 Å². The number of piperidine rings is 1. The molecule has 116 valence electrons. The minimum absolute atomic E-state index is 0.0459.